The molecule has 0 nitrogen and oxygen atoms in total. The Morgan fingerprint density at radius 2 is 1.89 bits per heavy atom. The van der Waals surface area contributed by atoms with Crippen molar-refractivity contribution in [1.82, 2.24) is 0 Å². The Bertz CT molecular complexity index is 503. The first-order chi connectivity index (χ1) is 8.30. The van der Waals surface area contributed by atoms with Crippen molar-refractivity contribution >= 4 is 17.2 Å². The highest BCUT2D eigenvalue weighted by molar-refractivity contribution is 6.22. The van der Waals surface area contributed by atoms with E-state index in [-0.39, 0.29) is 10.8 Å². The summed E-state index contributed by atoms with van der Waals surface area (Å²) in [6, 6.07) is 3.25. The molecular formula is C15H17ClF2. The minimum absolute atomic E-state index is 0.0182. The quantitative estimate of drug-likeness (QED) is 0.624. The number of allylic oxidation sites excluding steroid dienone is 2. The van der Waals surface area contributed by atoms with Crippen molar-refractivity contribution in [3.63, 3.8) is 0 Å². The molecule has 98 valence electrons. The van der Waals surface area contributed by atoms with E-state index in [1.165, 1.54) is 0 Å². The number of aryl methyl sites for hydroxylation is 1. The van der Waals surface area contributed by atoms with E-state index in [0.29, 0.717) is 11.1 Å². The van der Waals surface area contributed by atoms with Crippen LogP contribution in [0.15, 0.2) is 18.2 Å². The summed E-state index contributed by atoms with van der Waals surface area (Å²) >= 11 is 6.18. The minimum Gasteiger partial charge on any atom is -0.203 e. The lowest BCUT2D eigenvalue weighted by molar-refractivity contribution is 0.339. The van der Waals surface area contributed by atoms with E-state index in [4.69, 9.17) is 11.6 Å². The number of alkyl halides is 1. The van der Waals surface area contributed by atoms with Gasteiger partial charge in [0.15, 0.2) is 11.6 Å². The summed E-state index contributed by atoms with van der Waals surface area (Å²) in [4.78, 5) is 0. The SMILES string of the molecule is Cc1ccc(C2=CC(Cl)CC(C)(C)C2)c(F)c1F. The molecule has 1 aliphatic carbocycles. The Hall–Kier alpha value is -0.890. The predicted octanol–water partition coefficient (Wildman–Crippen LogP) is 5.08. The van der Waals surface area contributed by atoms with Crippen LogP contribution in [0.5, 0.6) is 0 Å². The van der Waals surface area contributed by atoms with Crippen molar-refractivity contribution in [3.05, 3.63) is 41.0 Å². The number of hydrogen-bond donors (Lipinski definition) is 0. The summed E-state index contributed by atoms with van der Waals surface area (Å²) in [6.07, 6.45) is 3.42. The van der Waals surface area contributed by atoms with E-state index in [0.717, 1.165) is 18.4 Å². The topological polar surface area (TPSA) is 0 Å². The molecule has 1 aromatic rings. The van der Waals surface area contributed by atoms with Crippen molar-refractivity contribution in [3.8, 4) is 0 Å². The second kappa shape index (κ2) is 4.65. The highest BCUT2D eigenvalue weighted by Crippen LogP contribution is 2.42. The molecule has 0 heterocycles. The molecular weight excluding hydrogens is 254 g/mol. The van der Waals surface area contributed by atoms with E-state index < -0.39 is 11.6 Å². The first-order valence-electron chi connectivity index (χ1n) is 6.10. The van der Waals surface area contributed by atoms with E-state index in [1.807, 2.05) is 6.08 Å². The van der Waals surface area contributed by atoms with Crippen molar-refractivity contribution < 1.29 is 8.78 Å². The fourth-order valence-corrected chi connectivity index (χ4v) is 3.10. The Kier molecular flexibility index (Phi) is 3.50. The zero-order valence-corrected chi connectivity index (χ0v) is 11.6. The van der Waals surface area contributed by atoms with Gasteiger partial charge in [-0.2, -0.15) is 0 Å². The molecule has 0 saturated heterocycles. The van der Waals surface area contributed by atoms with Crippen LogP contribution < -0.4 is 0 Å². The third kappa shape index (κ3) is 2.59. The molecule has 0 fully saturated rings. The lowest BCUT2D eigenvalue weighted by Gasteiger charge is -2.32. The zero-order chi connectivity index (χ0) is 13.5. The molecule has 1 aromatic carbocycles. The monoisotopic (exact) mass is 270 g/mol. The highest BCUT2D eigenvalue weighted by atomic mass is 35.5. The van der Waals surface area contributed by atoms with Gasteiger partial charge in [-0.25, -0.2) is 8.78 Å². The average Bonchev–Trinajstić information content (AvgIpc) is 2.23. The Morgan fingerprint density at radius 3 is 2.50 bits per heavy atom. The maximum atomic E-state index is 14.0. The van der Waals surface area contributed by atoms with Crippen LogP contribution in [0, 0.1) is 24.0 Å². The maximum absolute atomic E-state index is 14.0. The van der Waals surface area contributed by atoms with Gasteiger partial charge in [0.05, 0.1) is 5.38 Å². The van der Waals surface area contributed by atoms with Crippen LogP contribution in [0.4, 0.5) is 8.78 Å². The fraction of sp³-hybridized carbons (Fsp3) is 0.467. The van der Waals surface area contributed by atoms with Gasteiger partial charge in [-0.3, -0.25) is 0 Å². The number of rotatable bonds is 1. The van der Waals surface area contributed by atoms with Gasteiger partial charge in [-0.05, 0) is 36.3 Å². The Labute approximate surface area is 112 Å². The number of benzene rings is 1. The van der Waals surface area contributed by atoms with Crippen LogP contribution in [0.2, 0.25) is 0 Å². The maximum Gasteiger partial charge on any atom is 0.166 e. The summed E-state index contributed by atoms with van der Waals surface area (Å²) < 4.78 is 27.6. The van der Waals surface area contributed by atoms with Gasteiger partial charge in [0.1, 0.15) is 0 Å². The molecule has 0 amide bonds. The molecule has 18 heavy (non-hydrogen) atoms. The molecule has 0 bridgehead atoms. The van der Waals surface area contributed by atoms with Gasteiger partial charge in [0.2, 0.25) is 0 Å². The van der Waals surface area contributed by atoms with Gasteiger partial charge in [0, 0.05) is 5.56 Å². The van der Waals surface area contributed by atoms with Crippen molar-refractivity contribution in [2.75, 3.05) is 0 Å². The summed E-state index contributed by atoms with van der Waals surface area (Å²) in [5.74, 6) is -1.52. The first kappa shape index (κ1) is 13.5. The predicted molar refractivity (Wildman–Crippen MR) is 71.7 cm³/mol. The normalized spacial score (nSPS) is 22.8. The molecule has 0 aromatic heterocycles. The molecule has 0 N–H and O–H groups in total. The molecule has 3 heteroatoms. The van der Waals surface area contributed by atoms with E-state index in [2.05, 4.69) is 13.8 Å². The van der Waals surface area contributed by atoms with Crippen LogP contribution in [-0.2, 0) is 0 Å². The van der Waals surface area contributed by atoms with Crippen LogP contribution in [0.1, 0.15) is 37.8 Å². The van der Waals surface area contributed by atoms with Gasteiger partial charge in [-0.15, -0.1) is 11.6 Å². The Balaban J connectivity index is 2.47. The second-order valence-electron chi connectivity index (χ2n) is 5.81. The largest absolute Gasteiger partial charge is 0.203 e. The van der Waals surface area contributed by atoms with E-state index in [9.17, 15) is 8.78 Å². The highest BCUT2D eigenvalue weighted by Gasteiger charge is 2.29. The van der Waals surface area contributed by atoms with Crippen molar-refractivity contribution in [2.24, 2.45) is 5.41 Å². The molecule has 0 radical (unpaired) electrons. The second-order valence-corrected chi connectivity index (χ2v) is 6.37. The third-order valence-corrected chi connectivity index (χ3v) is 3.70. The summed E-state index contributed by atoms with van der Waals surface area (Å²) in [5.41, 5.74) is 1.50. The number of hydrogen-bond acceptors (Lipinski definition) is 0. The Morgan fingerprint density at radius 1 is 1.22 bits per heavy atom. The van der Waals surface area contributed by atoms with Crippen molar-refractivity contribution in [2.45, 2.75) is 39.0 Å². The molecule has 2 rings (SSSR count). The molecule has 0 spiro atoms. The molecule has 1 atom stereocenters. The van der Waals surface area contributed by atoms with Crippen LogP contribution in [-0.4, -0.2) is 5.38 Å². The van der Waals surface area contributed by atoms with Gasteiger partial charge >= 0.3 is 0 Å². The summed E-state index contributed by atoms with van der Waals surface area (Å²) in [7, 11) is 0. The zero-order valence-electron chi connectivity index (χ0n) is 10.9. The van der Waals surface area contributed by atoms with Crippen LogP contribution in [0.3, 0.4) is 0 Å². The van der Waals surface area contributed by atoms with E-state index >= 15 is 0 Å². The smallest absolute Gasteiger partial charge is 0.166 e. The molecule has 1 unspecified atom stereocenters. The van der Waals surface area contributed by atoms with Gasteiger partial charge in [-0.1, -0.05) is 32.1 Å². The molecule has 0 saturated carbocycles. The molecule has 0 aliphatic heterocycles. The average molecular weight is 271 g/mol. The van der Waals surface area contributed by atoms with E-state index in [1.54, 1.807) is 19.1 Å². The lowest BCUT2D eigenvalue weighted by Crippen LogP contribution is -2.22. The minimum atomic E-state index is -0.761. The standard InChI is InChI=1S/C15H17ClF2/c1-9-4-5-12(14(18)13(9)17)10-6-11(16)8-15(2,3)7-10/h4-6,11H,7-8H2,1-3H3. The van der Waals surface area contributed by atoms with Gasteiger partial charge in [0.25, 0.3) is 0 Å². The lowest BCUT2D eigenvalue weighted by atomic mass is 9.75. The molecule has 1 aliphatic rings. The fourth-order valence-electron chi connectivity index (χ4n) is 2.53. The van der Waals surface area contributed by atoms with Crippen LogP contribution in [0.25, 0.3) is 5.57 Å². The number of halogens is 3. The summed E-state index contributed by atoms with van der Waals surface area (Å²) in [6.45, 7) is 5.75. The first-order valence-corrected chi connectivity index (χ1v) is 6.53. The third-order valence-electron chi connectivity index (χ3n) is 3.42. The summed E-state index contributed by atoms with van der Waals surface area (Å²) in [5, 5.41) is -0.118. The van der Waals surface area contributed by atoms with Gasteiger partial charge < -0.3 is 0 Å². The van der Waals surface area contributed by atoms with Crippen molar-refractivity contribution in [1.29, 1.82) is 0 Å². The van der Waals surface area contributed by atoms with Crippen LogP contribution >= 0.6 is 11.6 Å².